The number of hydrogen-bond donors (Lipinski definition) is 0. The van der Waals surface area contributed by atoms with Gasteiger partial charge in [-0.2, -0.15) is 13.2 Å². The van der Waals surface area contributed by atoms with Crippen molar-refractivity contribution in [3.8, 4) is 5.88 Å². The molecule has 192 valence electrons. The number of benzene rings is 2. The highest BCUT2D eigenvalue weighted by atomic mass is 19.4. The summed E-state index contributed by atoms with van der Waals surface area (Å²) in [5, 5.41) is 0. The van der Waals surface area contributed by atoms with E-state index in [-0.39, 0.29) is 12.1 Å². The average Bonchev–Trinajstić information content (AvgIpc) is 3.42. The van der Waals surface area contributed by atoms with Crippen molar-refractivity contribution in [1.82, 2.24) is 19.4 Å². The van der Waals surface area contributed by atoms with E-state index < -0.39 is 11.7 Å². The van der Waals surface area contributed by atoms with E-state index in [9.17, 15) is 13.2 Å². The highest BCUT2D eigenvalue weighted by molar-refractivity contribution is 5.76. The van der Waals surface area contributed by atoms with Gasteiger partial charge in [-0.25, -0.2) is 9.97 Å². The van der Waals surface area contributed by atoms with E-state index in [0.717, 1.165) is 48.4 Å². The fourth-order valence-corrected chi connectivity index (χ4v) is 6.23. The number of nitrogens with zero attached hydrogens (tertiary/aromatic N) is 4. The number of imidazole rings is 1. The molecular formula is C29H29F3N4O. The molecule has 37 heavy (non-hydrogen) atoms. The van der Waals surface area contributed by atoms with Gasteiger partial charge in [0.05, 0.1) is 22.6 Å². The van der Waals surface area contributed by atoms with Gasteiger partial charge in [-0.05, 0) is 67.5 Å². The Bertz CT molecular complexity index is 1370. The number of pyridine rings is 1. The maximum Gasteiger partial charge on any atom is 0.416 e. The summed E-state index contributed by atoms with van der Waals surface area (Å²) in [4.78, 5) is 11.6. The summed E-state index contributed by atoms with van der Waals surface area (Å²) in [6, 6.07) is 19.6. The van der Waals surface area contributed by atoms with Crippen molar-refractivity contribution in [2.75, 3.05) is 13.1 Å². The summed E-state index contributed by atoms with van der Waals surface area (Å²) >= 11 is 0. The second-order valence-corrected chi connectivity index (χ2v) is 10.3. The Labute approximate surface area is 213 Å². The number of para-hydroxylation sites is 2. The number of aryl methyl sites for hydroxylation is 1. The van der Waals surface area contributed by atoms with Crippen LogP contribution in [0.15, 0.2) is 72.9 Å². The van der Waals surface area contributed by atoms with Crippen LogP contribution in [0.25, 0.3) is 11.0 Å². The molecular weight excluding hydrogens is 477 g/mol. The molecule has 0 spiro atoms. The summed E-state index contributed by atoms with van der Waals surface area (Å²) in [5.41, 5.74) is 2.39. The minimum Gasteiger partial charge on any atom is -0.472 e. The maximum atomic E-state index is 13.0. The Kier molecular flexibility index (Phi) is 6.15. The number of alkyl halides is 3. The van der Waals surface area contributed by atoms with Crippen molar-refractivity contribution in [3.63, 3.8) is 0 Å². The molecule has 1 aliphatic carbocycles. The molecule has 2 fully saturated rings. The molecule has 0 bridgehead atoms. The Hall–Kier alpha value is -3.39. The van der Waals surface area contributed by atoms with Gasteiger partial charge in [-0.1, -0.05) is 30.3 Å². The number of fused-ring (bicyclic) bond motifs is 2. The third kappa shape index (κ3) is 4.82. The first-order valence-corrected chi connectivity index (χ1v) is 12.7. The van der Waals surface area contributed by atoms with E-state index in [1.807, 2.05) is 36.4 Å². The van der Waals surface area contributed by atoms with Crippen LogP contribution in [0.3, 0.4) is 0 Å². The Morgan fingerprint density at radius 2 is 1.65 bits per heavy atom. The van der Waals surface area contributed by atoms with Crippen molar-refractivity contribution in [2.24, 2.45) is 11.8 Å². The van der Waals surface area contributed by atoms with Crippen LogP contribution in [0.5, 0.6) is 5.88 Å². The molecule has 1 saturated heterocycles. The third-order valence-electron chi connectivity index (χ3n) is 7.86. The first-order valence-electron chi connectivity index (χ1n) is 12.7. The molecule has 2 aliphatic rings. The fourth-order valence-electron chi connectivity index (χ4n) is 6.23. The number of hydrogen-bond acceptors (Lipinski definition) is 4. The molecule has 5 nitrogen and oxygen atoms in total. The summed E-state index contributed by atoms with van der Waals surface area (Å²) < 4.78 is 47.7. The van der Waals surface area contributed by atoms with Gasteiger partial charge in [0, 0.05) is 31.9 Å². The lowest BCUT2D eigenvalue weighted by atomic mass is 9.77. The lowest BCUT2D eigenvalue weighted by Gasteiger charge is -2.39. The zero-order valence-electron chi connectivity index (χ0n) is 20.6. The molecule has 4 aromatic rings. The minimum atomic E-state index is -4.31. The predicted molar refractivity (Wildman–Crippen MR) is 135 cm³/mol. The van der Waals surface area contributed by atoms with E-state index in [1.54, 1.807) is 18.3 Å². The first-order chi connectivity index (χ1) is 17.8. The second-order valence-electron chi connectivity index (χ2n) is 10.3. The van der Waals surface area contributed by atoms with Crippen molar-refractivity contribution in [2.45, 2.75) is 44.6 Å². The average molecular weight is 507 g/mol. The van der Waals surface area contributed by atoms with Gasteiger partial charge in [0.25, 0.3) is 0 Å². The molecule has 2 aromatic heterocycles. The highest BCUT2D eigenvalue weighted by Crippen LogP contribution is 2.44. The fraction of sp³-hybridized carbons (Fsp3) is 0.379. The second kappa shape index (κ2) is 9.49. The van der Waals surface area contributed by atoms with Gasteiger partial charge in [-0.3, -0.25) is 4.90 Å². The van der Waals surface area contributed by atoms with Gasteiger partial charge in [0.1, 0.15) is 11.9 Å². The van der Waals surface area contributed by atoms with Crippen LogP contribution in [0.4, 0.5) is 13.2 Å². The largest absolute Gasteiger partial charge is 0.472 e. The molecule has 2 aromatic carbocycles. The standard InChI is InChI=1S/C29H29F3N4O/c1-19-34-24-6-2-3-7-25(24)36(19)26-14-21-17-35(16-20-9-11-23(12-10-20)29(30,31)32)18-22(21)15-27(26)37-28-8-4-5-13-33-28/h2-13,21-22,26-27H,14-18H2,1H3/t21-,22+,26-,27-/m0/s1. The van der Waals surface area contributed by atoms with E-state index in [2.05, 4.69) is 27.4 Å². The number of likely N-dealkylation sites (tertiary alicyclic amines) is 1. The molecule has 0 unspecified atom stereocenters. The quantitative estimate of drug-likeness (QED) is 0.319. The highest BCUT2D eigenvalue weighted by Gasteiger charge is 2.44. The SMILES string of the molecule is Cc1nc2ccccc2n1[C@H]1C[C@H]2CN(Cc3ccc(C(F)(F)F)cc3)C[C@H]2C[C@@H]1Oc1ccccn1. The Balaban J connectivity index is 1.25. The Morgan fingerprint density at radius 3 is 2.38 bits per heavy atom. The number of aromatic nitrogens is 3. The van der Waals surface area contributed by atoms with Crippen LogP contribution < -0.4 is 4.74 Å². The topological polar surface area (TPSA) is 43.2 Å². The number of ether oxygens (including phenoxy) is 1. The van der Waals surface area contributed by atoms with Crippen molar-refractivity contribution >= 4 is 11.0 Å². The van der Waals surface area contributed by atoms with E-state index in [4.69, 9.17) is 9.72 Å². The van der Waals surface area contributed by atoms with Gasteiger partial charge < -0.3 is 9.30 Å². The van der Waals surface area contributed by atoms with Gasteiger partial charge in [-0.15, -0.1) is 0 Å². The van der Waals surface area contributed by atoms with Crippen LogP contribution in [-0.4, -0.2) is 38.6 Å². The monoisotopic (exact) mass is 506 g/mol. The minimum absolute atomic E-state index is 0.0570. The zero-order valence-corrected chi connectivity index (χ0v) is 20.6. The predicted octanol–water partition coefficient (Wildman–Crippen LogP) is 6.29. The lowest BCUT2D eigenvalue weighted by Crippen LogP contribution is -2.40. The molecule has 0 N–H and O–H groups in total. The van der Waals surface area contributed by atoms with Crippen LogP contribution >= 0.6 is 0 Å². The van der Waals surface area contributed by atoms with Crippen molar-refractivity contribution < 1.29 is 17.9 Å². The Morgan fingerprint density at radius 1 is 0.919 bits per heavy atom. The van der Waals surface area contributed by atoms with Gasteiger partial charge >= 0.3 is 6.18 Å². The molecule has 0 radical (unpaired) electrons. The van der Waals surface area contributed by atoms with E-state index >= 15 is 0 Å². The van der Waals surface area contributed by atoms with Gasteiger partial charge in [0.15, 0.2) is 0 Å². The van der Waals surface area contributed by atoms with Crippen molar-refractivity contribution in [3.05, 3.63) is 89.9 Å². The van der Waals surface area contributed by atoms with Crippen LogP contribution in [0, 0.1) is 18.8 Å². The smallest absolute Gasteiger partial charge is 0.416 e. The van der Waals surface area contributed by atoms with Gasteiger partial charge in [0.2, 0.25) is 5.88 Å². The molecule has 8 heteroatoms. The van der Waals surface area contributed by atoms with Crippen LogP contribution in [0.2, 0.25) is 0 Å². The summed E-state index contributed by atoms with van der Waals surface area (Å²) in [7, 11) is 0. The van der Waals surface area contributed by atoms with Crippen LogP contribution in [0.1, 0.15) is 35.8 Å². The third-order valence-corrected chi connectivity index (χ3v) is 7.86. The normalized spacial score (nSPS) is 24.3. The molecule has 4 atom stereocenters. The van der Waals surface area contributed by atoms with Crippen molar-refractivity contribution in [1.29, 1.82) is 0 Å². The maximum absolute atomic E-state index is 13.0. The molecule has 3 heterocycles. The van der Waals surface area contributed by atoms with Crippen LogP contribution in [-0.2, 0) is 12.7 Å². The zero-order chi connectivity index (χ0) is 25.6. The van der Waals surface area contributed by atoms with E-state index in [0.29, 0.717) is 24.3 Å². The molecule has 1 saturated carbocycles. The summed E-state index contributed by atoms with van der Waals surface area (Å²) in [6.07, 6.45) is -0.781. The summed E-state index contributed by atoms with van der Waals surface area (Å²) in [5.74, 6) is 2.52. The lowest BCUT2D eigenvalue weighted by molar-refractivity contribution is -0.137. The number of rotatable bonds is 5. The molecule has 1 aliphatic heterocycles. The summed E-state index contributed by atoms with van der Waals surface area (Å²) in [6.45, 7) is 4.53. The first kappa shape index (κ1) is 24.0. The van der Waals surface area contributed by atoms with E-state index in [1.165, 1.54) is 12.1 Å². The molecule has 6 rings (SSSR count). The molecule has 0 amide bonds. The number of halogens is 3.